The van der Waals surface area contributed by atoms with E-state index in [4.69, 9.17) is 4.74 Å². The minimum Gasteiger partial charge on any atom is -0.370 e. The van der Waals surface area contributed by atoms with Gasteiger partial charge in [0.05, 0.1) is 12.8 Å². The molecule has 1 atom stereocenters. The van der Waals surface area contributed by atoms with Gasteiger partial charge in [0.1, 0.15) is 6.10 Å². The highest BCUT2D eigenvalue weighted by Gasteiger charge is 2.23. The van der Waals surface area contributed by atoms with Gasteiger partial charge >= 0.3 is 5.69 Å². The standard InChI is InChI=1S/C13H14N4O2/c18-13-15-12(8-14-16-13)17-6-7-19-11(9-17)10-4-2-1-3-5-10/h1-5,8,11H,6-7,9H2,(H,15,16,18)/t11-/m1/s1. The molecule has 0 radical (unpaired) electrons. The third-order valence-corrected chi connectivity index (χ3v) is 3.12. The predicted octanol–water partition coefficient (Wildman–Crippen LogP) is 0.743. The lowest BCUT2D eigenvalue weighted by molar-refractivity contribution is 0.0395. The van der Waals surface area contributed by atoms with Crippen molar-refractivity contribution in [2.75, 3.05) is 24.6 Å². The molecule has 0 saturated carbocycles. The molecule has 0 unspecified atom stereocenters. The van der Waals surface area contributed by atoms with Crippen LogP contribution in [0.4, 0.5) is 5.82 Å². The largest absolute Gasteiger partial charge is 0.370 e. The lowest BCUT2D eigenvalue weighted by atomic mass is 10.1. The molecule has 2 heterocycles. The van der Waals surface area contributed by atoms with Gasteiger partial charge in [0.2, 0.25) is 0 Å². The number of H-pyrrole nitrogens is 1. The second-order valence-electron chi connectivity index (χ2n) is 4.36. The summed E-state index contributed by atoms with van der Waals surface area (Å²) in [6, 6.07) is 10.0. The van der Waals surface area contributed by atoms with Crippen molar-refractivity contribution in [2.24, 2.45) is 0 Å². The number of aromatic nitrogens is 3. The Morgan fingerprint density at radius 3 is 2.95 bits per heavy atom. The van der Waals surface area contributed by atoms with Crippen LogP contribution < -0.4 is 10.6 Å². The number of ether oxygens (including phenoxy) is 1. The molecule has 3 rings (SSSR count). The fraction of sp³-hybridized carbons (Fsp3) is 0.308. The van der Waals surface area contributed by atoms with Gasteiger partial charge in [-0.2, -0.15) is 10.1 Å². The molecular formula is C13H14N4O2. The number of rotatable bonds is 2. The van der Waals surface area contributed by atoms with E-state index in [-0.39, 0.29) is 6.10 Å². The highest BCUT2D eigenvalue weighted by molar-refractivity contribution is 5.36. The molecule has 1 aliphatic heterocycles. The Morgan fingerprint density at radius 1 is 1.32 bits per heavy atom. The summed E-state index contributed by atoms with van der Waals surface area (Å²) >= 11 is 0. The summed E-state index contributed by atoms with van der Waals surface area (Å²) < 4.78 is 5.77. The summed E-state index contributed by atoms with van der Waals surface area (Å²) in [5.74, 6) is 0.591. The Hall–Kier alpha value is -2.21. The van der Waals surface area contributed by atoms with Gasteiger partial charge in [-0.3, -0.25) is 0 Å². The zero-order valence-electron chi connectivity index (χ0n) is 10.3. The van der Waals surface area contributed by atoms with Crippen molar-refractivity contribution in [3.8, 4) is 0 Å². The fourth-order valence-electron chi connectivity index (χ4n) is 2.18. The first-order valence-corrected chi connectivity index (χ1v) is 6.16. The monoisotopic (exact) mass is 258 g/mol. The van der Waals surface area contributed by atoms with E-state index in [0.717, 1.165) is 5.56 Å². The first kappa shape index (κ1) is 11.9. The number of hydrogen-bond acceptors (Lipinski definition) is 5. The lowest BCUT2D eigenvalue weighted by Gasteiger charge is -2.33. The highest BCUT2D eigenvalue weighted by Crippen LogP contribution is 2.23. The van der Waals surface area contributed by atoms with Gasteiger partial charge in [-0.15, -0.1) is 0 Å². The van der Waals surface area contributed by atoms with Crippen molar-refractivity contribution in [3.63, 3.8) is 0 Å². The van der Waals surface area contributed by atoms with E-state index in [0.29, 0.717) is 25.5 Å². The molecule has 1 aromatic carbocycles. The summed E-state index contributed by atoms with van der Waals surface area (Å²) in [7, 11) is 0. The maximum atomic E-state index is 11.2. The Balaban J connectivity index is 1.80. The molecule has 2 aromatic rings. The Labute approximate surface area is 110 Å². The van der Waals surface area contributed by atoms with E-state index in [1.165, 1.54) is 0 Å². The normalized spacial score (nSPS) is 19.4. The van der Waals surface area contributed by atoms with Crippen LogP contribution in [-0.4, -0.2) is 34.9 Å². The molecule has 0 aliphatic carbocycles. The Bertz CT molecular complexity index is 599. The van der Waals surface area contributed by atoms with Crippen molar-refractivity contribution in [2.45, 2.75) is 6.10 Å². The van der Waals surface area contributed by atoms with Gasteiger partial charge in [-0.1, -0.05) is 30.3 Å². The molecule has 1 fully saturated rings. The molecule has 1 saturated heterocycles. The molecule has 19 heavy (non-hydrogen) atoms. The number of morpholine rings is 1. The van der Waals surface area contributed by atoms with Crippen LogP contribution in [0.25, 0.3) is 0 Å². The highest BCUT2D eigenvalue weighted by atomic mass is 16.5. The molecule has 0 spiro atoms. The lowest BCUT2D eigenvalue weighted by Crippen LogP contribution is -2.39. The molecule has 0 bridgehead atoms. The van der Waals surface area contributed by atoms with Gasteiger partial charge in [0, 0.05) is 13.1 Å². The van der Waals surface area contributed by atoms with E-state index in [1.54, 1.807) is 6.20 Å². The summed E-state index contributed by atoms with van der Waals surface area (Å²) in [5.41, 5.74) is 0.699. The first-order valence-electron chi connectivity index (χ1n) is 6.16. The van der Waals surface area contributed by atoms with Crippen LogP contribution in [0.5, 0.6) is 0 Å². The van der Waals surface area contributed by atoms with Crippen LogP contribution in [0.3, 0.4) is 0 Å². The van der Waals surface area contributed by atoms with Crippen molar-refractivity contribution < 1.29 is 4.74 Å². The maximum absolute atomic E-state index is 11.2. The molecule has 1 aliphatic rings. The fourth-order valence-corrected chi connectivity index (χ4v) is 2.18. The van der Waals surface area contributed by atoms with E-state index in [9.17, 15) is 4.79 Å². The summed E-state index contributed by atoms with van der Waals surface area (Å²) in [6.07, 6.45) is 1.56. The summed E-state index contributed by atoms with van der Waals surface area (Å²) in [4.78, 5) is 17.1. The van der Waals surface area contributed by atoms with Crippen molar-refractivity contribution >= 4 is 5.82 Å². The predicted molar refractivity (Wildman–Crippen MR) is 70.0 cm³/mol. The number of anilines is 1. The van der Waals surface area contributed by atoms with Crippen LogP contribution in [0.2, 0.25) is 0 Å². The van der Waals surface area contributed by atoms with Gasteiger partial charge in [-0.25, -0.2) is 9.89 Å². The number of nitrogens with one attached hydrogen (secondary N) is 1. The third-order valence-electron chi connectivity index (χ3n) is 3.12. The van der Waals surface area contributed by atoms with Crippen LogP contribution in [0.1, 0.15) is 11.7 Å². The summed E-state index contributed by atoms with van der Waals surface area (Å²) in [6.45, 7) is 1.98. The van der Waals surface area contributed by atoms with E-state index in [2.05, 4.69) is 15.2 Å². The maximum Gasteiger partial charge on any atom is 0.363 e. The number of hydrogen-bond donors (Lipinski definition) is 1. The molecule has 6 heteroatoms. The molecule has 1 N–H and O–H groups in total. The van der Waals surface area contributed by atoms with Crippen molar-refractivity contribution in [1.82, 2.24) is 15.2 Å². The SMILES string of the molecule is O=c1nc(N2CCO[C@@H](c3ccccc3)C2)cn[nH]1. The molecule has 6 nitrogen and oxygen atoms in total. The van der Waals surface area contributed by atoms with Gasteiger partial charge in [-0.05, 0) is 5.56 Å². The number of benzene rings is 1. The number of nitrogens with zero attached hydrogens (tertiary/aromatic N) is 3. The van der Waals surface area contributed by atoms with Crippen molar-refractivity contribution in [3.05, 3.63) is 52.6 Å². The average molecular weight is 258 g/mol. The van der Waals surface area contributed by atoms with Crippen LogP contribution >= 0.6 is 0 Å². The quantitative estimate of drug-likeness (QED) is 0.860. The minimum atomic E-state index is -0.430. The smallest absolute Gasteiger partial charge is 0.363 e. The van der Waals surface area contributed by atoms with Gasteiger partial charge in [0.15, 0.2) is 5.82 Å². The molecular weight excluding hydrogens is 244 g/mol. The van der Waals surface area contributed by atoms with E-state index in [1.807, 2.05) is 35.2 Å². The van der Waals surface area contributed by atoms with Crippen LogP contribution in [-0.2, 0) is 4.74 Å². The van der Waals surface area contributed by atoms with E-state index < -0.39 is 5.69 Å². The first-order chi connectivity index (χ1) is 9.33. The van der Waals surface area contributed by atoms with E-state index >= 15 is 0 Å². The van der Waals surface area contributed by atoms with Gasteiger partial charge < -0.3 is 9.64 Å². The topological polar surface area (TPSA) is 71.1 Å². The molecule has 98 valence electrons. The zero-order chi connectivity index (χ0) is 13.1. The molecule has 0 amide bonds. The second kappa shape index (κ2) is 5.19. The minimum absolute atomic E-state index is 0.00367. The van der Waals surface area contributed by atoms with Crippen LogP contribution in [0, 0.1) is 0 Å². The average Bonchev–Trinajstić information content (AvgIpc) is 2.48. The summed E-state index contributed by atoms with van der Waals surface area (Å²) in [5, 5.41) is 6.05. The van der Waals surface area contributed by atoms with Crippen molar-refractivity contribution in [1.29, 1.82) is 0 Å². The second-order valence-corrected chi connectivity index (χ2v) is 4.36. The third kappa shape index (κ3) is 2.63. The van der Waals surface area contributed by atoms with Crippen LogP contribution in [0.15, 0.2) is 41.3 Å². The zero-order valence-corrected chi connectivity index (χ0v) is 10.3. The molecule has 1 aromatic heterocycles. The number of aromatic amines is 1. The van der Waals surface area contributed by atoms with Gasteiger partial charge in [0.25, 0.3) is 0 Å². The Kier molecular flexibility index (Phi) is 3.24. The Morgan fingerprint density at radius 2 is 2.16 bits per heavy atom.